The third-order valence-corrected chi connectivity index (χ3v) is 5.80. The van der Waals surface area contributed by atoms with Crippen molar-refractivity contribution in [3.63, 3.8) is 0 Å². The molecule has 2 heterocycles. The number of rotatable bonds is 6. The summed E-state index contributed by atoms with van der Waals surface area (Å²) in [5, 5.41) is 1.04. The average molecular weight is 377 g/mol. The second-order valence-corrected chi connectivity index (χ2v) is 7.76. The zero-order valence-electron chi connectivity index (χ0n) is 16.5. The molecule has 1 amide bonds. The predicted octanol–water partition coefficient (Wildman–Crippen LogP) is 4.66. The van der Waals surface area contributed by atoms with E-state index in [0.29, 0.717) is 6.42 Å². The van der Waals surface area contributed by atoms with Crippen molar-refractivity contribution in [2.75, 3.05) is 26.7 Å². The molecule has 1 saturated heterocycles. The molecule has 1 aromatic heterocycles. The summed E-state index contributed by atoms with van der Waals surface area (Å²) in [7, 11) is 1.94. The molecule has 2 aromatic carbocycles. The molecule has 3 aromatic rings. The fourth-order valence-electron chi connectivity index (χ4n) is 4.11. The van der Waals surface area contributed by atoms with Crippen molar-refractivity contribution in [1.29, 1.82) is 0 Å². The Bertz CT molecular complexity index is 913. The van der Waals surface area contributed by atoms with Crippen LogP contribution < -0.4 is 0 Å². The minimum atomic E-state index is 0.0736. The van der Waals surface area contributed by atoms with Crippen LogP contribution in [0.4, 0.5) is 0 Å². The maximum atomic E-state index is 13.1. The Labute approximate surface area is 166 Å². The minimum Gasteiger partial charge on any atom is -0.464 e. The van der Waals surface area contributed by atoms with Gasteiger partial charge in [-0.2, -0.15) is 0 Å². The van der Waals surface area contributed by atoms with Gasteiger partial charge in [0.05, 0.1) is 18.7 Å². The fourth-order valence-corrected chi connectivity index (χ4v) is 4.11. The van der Waals surface area contributed by atoms with Gasteiger partial charge in [-0.3, -0.25) is 4.79 Å². The average Bonchev–Trinajstić information content (AvgIpc) is 3.21. The first-order valence-electron chi connectivity index (χ1n) is 10.2. The van der Waals surface area contributed by atoms with E-state index in [1.807, 2.05) is 42.3 Å². The second-order valence-electron chi connectivity index (χ2n) is 7.76. The lowest BCUT2D eigenvalue weighted by Crippen LogP contribution is -2.41. The van der Waals surface area contributed by atoms with Crippen LogP contribution in [0.5, 0.6) is 0 Å². The van der Waals surface area contributed by atoms with Crippen molar-refractivity contribution >= 4 is 16.9 Å². The van der Waals surface area contributed by atoms with E-state index in [0.717, 1.165) is 36.2 Å². The first kappa shape index (κ1) is 18.8. The summed E-state index contributed by atoms with van der Waals surface area (Å²) < 4.78 is 5.41. The summed E-state index contributed by atoms with van der Waals surface area (Å²) in [6, 6.07) is 18.4. The third kappa shape index (κ3) is 4.28. The molecule has 0 aliphatic carbocycles. The van der Waals surface area contributed by atoms with Crippen LogP contribution in [0.25, 0.3) is 11.0 Å². The quantitative estimate of drug-likeness (QED) is 0.628. The van der Waals surface area contributed by atoms with Crippen LogP contribution >= 0.6 is 0 Å². The van der Waals surface area contributed by atoms with Gasteiger partial charge >= 0.3 is 0 Å². The van der Waals surface area contributed by atoms with Gasteiger partial charge in [-0.15, -0.1) is 0 Å². The number of nitrogens with zero attached hydrogens (tertiary/aromatic N) is 2. The normalized spacial score (nSPS) is 16.2. The van der Waals surface area contributed by atoms with Crippen LogP contribution in [0.1, 0.15) is 36.4 Å². The minimum absolute atomic E-state index is 0.0736. The Kier molecular flexibility index (Phi) is 5.77. The van der Waals surface area contributed by atoms with Crippen molar-refractivity contribution in [2.24, 2.45) is 0 Å². The van der Waals surface area contributed by atoms with Gasteiger partial charge in [0.25, 0.3) is 0 Å². The van der Waals surface area contributed by atoms with Crippen molar-refractivity contribution in [1.82, 2.24) is 9.80 Å². The first-order valence-corrected chi connectivity index (χ1v) is 10.2. The van der Waals surface area contributed by atoms with Crippen molar-refractivity contribution < 1.29 is 9.21 Å². The van der Waals surface area contributed by atoms with Crippen LogP contribution in [-0.4, -0.2) is 42.4 Å². The lowest BCUT2D eigenvalue weighted by Gasteiger charge is -2.35. The molecule has 1 fully saturated rings. The van der Waals surface area contributed by atoms with Gasteiger partial charge in [0.1, 0.15) is 5.58 Å². The molecule has 4 heteroatoms. The lowest BCUT2D eigenvalue weighted by atomic mass is 10.0. The highest BCUT2D eigenvalue weighted by Crippen LogP contribution is 2.24. The summed E-state index contributed by atoms with van der Waals surface area (Å²) in [6.45, 7) is 3.15. The monoisotopic (exact) mass is 376 g/mol. The molecular formula is C24H28N2O2. The molecule has 0 saturated carbocycles. The van der Waals surface area contributed by atoms with E-state index in [1.165, 1.54) is 24.8 Å². The van der Waals surface area contributed by atoms with Crippen LogP contribution in [0.3, 0.4) is 0 Å². The van der Waals surface area contributed by atoms with Gasteiger partial charge in [0.2, 0.25) is 5.91 Å². The van der Waals surface area contributed by atoms with Gasteiger partial charge in [-0.25, -0.2) is 0 Å². The van der Waals surface area contributed by atoms with E-state index in [9.17, 15) is 4.79 Å². The summed E-state index contributed by atoms with van der Waals surface area (Å²) in [5.41, 5.74) is 3.08. The Morgan fingerprint density at radius 2 is 1.86 bits per heavy atom. The number of benzene rings is 2. The van der Waals surface area contributed by atoms with E-state index in [-0.39, 0.29) is 11.9 Å². The van der Waals surface area contributed by atoms with Gasteiger partial charge < -0.3 is 14.2 Å². The fraction of sp³-hybridized carbons (Fsp3) is 0.375. The van der Waals surface area contributed by atoms with Crippen molar-refractivity contribution in [3.8, 4) is 0 Å². The molecule has 0 bridgehead atoms. The van der Waals surface area contributed by atoms with E-state index >= 15 is 0 Å². The summed E-state index contributed by atoms with van der Waals surface area (Å²) in [5.74, 6) is 0.147. The smallest absolute Gasteiger partial charge is 0.227 e. The second kappa shape index (κ2) is 8.61. The van der Waals surface area contributed by atoms with E-state index in [4.69, 9.17) is 4.42 Å². The van der Waals surface area contributed by atoms with Crippen LogP contribution in [0.15, 0.2) is 65.3 Å². The molecule has 1 aliphatic heterocycles. The number of hydrogen-bond donors (Lipinski definition) is 0. The lowest BCUT2D eigenvalue weighted by molar-refractivity contribution is -0.131. The third-order valence-electron chi connectivity index (χ3n) is 5.80. The van der Waals surface area contributed by atoms with E-state index < -0.39 is 0 Å². The van der Waals surface area contributed by atoms with Crippen molar-refractivity contribution in [3.05, 3.63) is 72.0 Å². The summed E-state index contributed by atoms with van der Waals surface area (Å²) in [4.78, 5) is 17.6. The molecule has 1 aliphatic rings. The molecule has 0 unspecified atom stereocenters. The van der Waals surface area contributed by atoms with E-state index in [1.54, 1.807) is 6.26 Å². The van der Waals surface area contributed by atoms with Crippen LogP contribution in [-0.2, 0) is 11.2 Å². The van der Waals surface area contributed by atoms with Gasteiger partial charge in [-0.05, 0) is 55.3 Å². The highest BCUT2D eigenvalue weighted by molar-refractivity contribution is 5.82. The number of fused-ring (bicyclic) bond motifs is 1. The number of likely N-dealkylation sites (tertiary alicyclic amines) is 1. The Morgan fingerprint density at radius 3 is 2.64 bits per heavy atom. The van der Waals surface area contributed by atoms with Gasteiger partial charge in [0.15, 0.2) is 0 Å². The zero-order valence-corrected chi connectivity index (χ0v) is 16.5. The topological polar surface area (TPSA) is 36.7 Å². The van der Waals surface area contributed by atoms with Crippen LogP contribution in [0.2, 0.25) is 0 Å². The van der Waals surface area contributed by atoms with Crippen LogP contribution in [0, 0.1) is 0 Å². The summed E-state index contributed by atoms with van der Waals surface area (Å²) in [6.07, 6.45) is 5.92. The predicted molar refractivity (Wildman–Crippen MR) is 112 cm³/mol. The zero-order chi connectivity index (χ0) is 19.3. The number of furan rings is 1. The SMILES string of the molecule is CN(C(=O)Cc1ccc2occc2c1)[C@@H](CN1CCCCC1)c1ccccc1. The molecule has 0 radical (unpaired) electrons. The number of likely N-dealkylation sites (N-methyl/N-ethyl adjacent to an activating group) is 1. The summed E-state index contributed by atoms with van der Waals surface area (Å²) >= 11 is 0. The number of carbonyl (C=O) groups excluding carboxylic acids is 1. The molecule has 4 nitrogen and oxygen atoms in total. The molecule has 0 N–H and O–H groups in total. The molecule has 146 valence electrons. The maximum Gasteiger partial charge on any atom is 0.227 e. The molecular weight excluding hydrogens is 348 g/mol. The largest absolute Gasteiger partial charge is 0.464 e. The first-order chi connectivity index (χ1) is 13.7. The standard InChI is InChI=1S/C24H28N2O2/c1-25(24(27)17-19-10-11-23-21(16-19)12-15-28-23)22(20-8-4-2-5-9-20)18-26-13-6-3-7-14-26/h2,4-5,8-12,15-16,22H,3,6-7,13-14,17-18H2,1H3/t22-/m0/s1. The Hall–Kier alpha value is -2.59. The van der Waals surface area contributed by atoms with E-state index in [2.05, 4.69) is 29.2 Å². The van der Waals surface area contributed by atoms with Crippen molar-refractivity contribution in [2.45, 2.75) is 31.7 Å². The Morgan fingerprint density at radius 1 is 1.07 bits per heavy atom. The highest BCUT2D eigenvalue weighted by atomic mass is 16.3. The molecule has 4 rings (SSSR count). The Balaban J connectivity index is 1.51. The maximum absolute atomic E-state index is 13.1. The molecule has 0 spiro atoms. The van der Waals surface area contributed by atoms with Gasteiger partial charge in [-0.1, -0.05) is 42.8 Å². The number of carbonyl (C=O) groups is 1. The molecule has 1 atom stereocenters. The van der Waals surface area contributed by atoms with Gasteiger partial charge in [0, 0.05) is 19.0 Å². The number of amides is 1. The number of piperidine rings is 1. The number of hydrogen-bond acceptors (Lipinski definition) is 3. The molecule has 28 heavy (non-hydrogen) atoms. The highest BCUT2D eigenvalue weighted by Gasteiger charge is 2.25.